The summed E-state index contributed by atoms with van der Waals surface area (Å²) in [5.74, 6) is -0.312. The molecule has 1 aromatic carbocycles. The average Bonchev–Trinajstić information content (AvgIpc) is 2.26. The van der Waals surface area contributed by atoms with Crippen molar-refractivity contribution in [3.63, 3.8) is 0 Å². The van der Waals surface area contributed by atoms with E-state index in [4.69, 9.17) is 5.53 Å². The van der Waals surface area contributed by atoms with Crippen molar-refractivity contribution in [1.29, 1.82) is 0 Å². The summed E-state index contributed by atoms with van der Waals surface area (Å²) in [4.78, 5) is 16.3. The monoisotopic (exact) mass is 309 g/mol. The molecule has 5 heteroatoms. The fourth-order valence-electron chi connectivity index (χ4n) is 1.54. The number of hydrogen-bond acceptors (Lipinski definition) is 1. The number of amides is 1. The highest BCUT2D eigenvalue weighted by Gasteiger charge is 2.27. The number of nitrogens with zero attached hydrogens (tertiary/aromatic N) is 3. The van der Waals surface area contributed by atoms with Crippen molar-refractivity contribution in [2.75, 3.05) is 0 Å². The van der Waals surface area contributed by atoms with Gasteiger partial charge in [0.2, 0.25) is 0 Å². The first-order valence-electron chi connectivity index (χ1n) is 5.58. The van der Waals surface area contributed by atoms with Crippen LogP contribution in [0.4, 0.5) is 0 Å². The lowest BCUT2D eigenvalue weighted by Crippen LogP contribution is -2.45. The minimum atomic E-state index is -0.342. The topological polar surface area (TPSA) is 56.7 Å². The van der Waals surface area contributed by atoms with E-state index in [1.807, 2.05) is 45.0 Å². The van der Waals surface area contributed by atoms with Crippen LogP contribution in [0.1, 0.15) is 26.3 Å². The van der Waals surface area contributed by atoms with Crippen molar-refractivity contribution in [2.45, 2.75) is 32.9 Å². The van der Waals surface area contributed by atoms with Gasteiger partial charge in [-0.25, -0.2) is 0 Å². The molecule has 0 radical (unpaired) electrons. The van der Waals surface area contributed by atoms with Crippen LogP contribution < -0.4 is 0 Å². The molecular weight excluding hydrogens is 294 g/mol. The Labute approximate surface area is 115 Å². The lowest BCUT2D eigenvalue weighted by molar-refractivity contribution is -0.132. The van der Waals surface area contributed by atoms with Crippen molar-refractivity contribution in [1.82, 2.24) is 4.90 Å². The zero-order chi connectivity index (χ0) is 13.8. The third-order valence-electron chi connectivity index (χ3n) is 2.50. The molecule has 0 saturated heterocycles. The Balaban J connectivity index is 2.95. The standard InChI is InChI=1S/C13H16BrN3O/c1-13(2,3)17(12(18)8-16-15)9-10-4-6-11(14)7-5-10/h4-8H,9H2,1-3H3. The highest BCUT2D eigenvalue weighted by molar-refractivity contribution is 9.10. The van der Waals surface area contributed by atoms with E-state index in [2.05, 4.69) is 20.7 Å². The fraction of sp³-hybridized carbons (Fsp3) is 0.385. The molecule has 0 atom stereocenters. The van der Waals surface area contributed by atoms with E-state index in [1.54, 1.807) is 4.90 Å². The number of rotatable bonds is 3. The third kappa shape index (κ3) is 4.09. The molecule has 0 N–H and O–H groups in total. The molecular formula is C13H16BrN3O. The molecule has 1 rings (SSSR count). The van der Waals surface area contributed by atoms with E-state index in [0.717, 1.165) is 16.3 Å². The fourth-order valence-corrected chi connectivity index (χ4v) is 1.80. The van der Waals surface area contributed by atoms with Crippen molar-refractivity contribution in [3.8, 4) is 0 Å². The second kappa shape index (κ2) is 5.94. The summed E-state index contributed by atoms with van der Waals surface area (Å²) in [6.07, 6.45) is 0.921. The van der Waals surface area contributed by atoms with Crippen LogP contribution in [0.2, 0.25) is 0 Å². The van der Waals surface area contributed by atoms with E-state index in [-0.39, 0.29) is 11.4 Å². The lowest BCUT2D eigenvalue weighted by Gasteiger charge is -2.33. The second-order valence-electron chi connectivity index (χ2n) is 4.97. The zero-order valence-corrected chi connectivity index (χ0v) is 12.3. The highest BCUT2D eigenvalue weighted by atomic mass is 79.9. The Morgan fingerprint density at radius 1 is 1.39 bits per heavy atom. The van der Waals surface area contributed by atoms with E-state index < -0.39 is 0 Å². The van der Waals surface area contributed by atoms with Crippen molar-refractivity contribution >= 4 is 28.1 Å². The summed E-state index contributed by atoms with van der Waals surface area (Å²) in [5.41, 5.74) is 9.15. The van der Waals surface area contributed by atoms with E-state index in [0.29, 0.717) is 6.54 Å². The van der Waals surface area contributed by atoms with Crippen LogP contribution in [0.15, 0.2) is 28.7 Å². The Hall–Kier alpha value is -1.45. The summed E-state index contributed by atoms with van der Waals surface area (Å²) >= 11 is 3.37. The third-order valence-corrected chi connectivity index (χ3v) is 3.03. The molecule has 4 nitrogen and oxygen atoms in total. The minimum Gasteiger partial charge on any atom is -0.361 e. The van der Waals surface area contributed by atoms with Gasteiger partial charge in [0.1, 0.15) is 0 Å². The molecule has 0 heterocycles. The number of benzene rings is 1. The molecule has 0 fully saturated rings. The van der Waals surface area contributed by atoms with Gasteiger partial charge in [-0.1, -0.05) is 28.1 Å². The van der Waals surface area contributed by atoms with Crippen LogP contribution in [0.5, 0.6) is 0 Å². The van der Waals surface area contributed by atoms with Crippen LogP contribution in [0, 0.1) is 0 Å². The SMILES string of the molecule is CC(C)(C)N(Cc1ccc(Br)cc1)C(=O)C=[N+]=[N-]. The zero-order valence-electron chi connectivity index (χ0n) is 10.7. The molecule has 0 aromatic heterocycles. The van der Waals surface area contributed by atoms with Gasteiger partial charge in [-0.2, -0.15) is 4.79 Å². The highest BCUT2D eigenvalue weighted by Crippen LogP contribution is 2.18. The summed E-state index contributed by atoms with van der Waals surface area (Å²) in [7, 11) is 0. The molecule has 1 aromatic rings. The second-order valence-corrected chi connectivity index (χ2v) is 5.88. The summed E-state index contributed by atoms with van der Waals surface area (Å²) < 4.78 is 0.997. The maximum absolute atomic E-state index is 11.9. The smallest absolute Gasteiger partial charge is 0.344 e. The molecule has 18 heavy (non-hydrogen) atoms. The molecule has 0 saturated carbocycles. The molecule has 0 aliphatic rings. The van der Waals surface area contributed by atoms with Gasteiger partial charge in [0.05, 0.1) is 0 Å². The molecule has 0 aliphatic heterocycles. The van der Waals surface area contributed by atoms with Crippen LogP contribution >= 0.6 is 15.9 Å². The van der Waals surface area contributed by atoms with Crippen molar-refractivity contribution in [2.24, 2.45) is 0 Å². The molecule has 0 unspecified atom stereocenters. The first kappa shape index (κ1) is 14.6. The molecule has 1 amide bonds. The molecule has 0 spiro atoms. The minimum absolute atomic E-state index is 0.312. The Morgan fingerprint density at radius 2 is 1.94 bits per heavy atom. The normalized spacial score (nSPS) is 10.7. The van der Waals surface area contributed by atoms with E-state index in [9.17, 15) is 4.79 Å². The Morgan fingerprint density at radius 3 is 2.39 bits per heavy atom. The first-order chi connectivity index (χ1) is 8.34. The van der Waals surface area contributed by atoms with Gasteiger partial charge in [0.25, 0.3) is 0 Å². The molecule has 96 valence electrons. The van der Waals surface area contributed by atoms with E-state index >= 15 is 0 Å². The quantitative estimate of drug-likeness (QED) is 0.481. The molecule has 0 bridgehead atoms. The van der Waals surface area contributed by atoms with Crippen molar-refractivity contribution in [3.05, 3.63) is 39.8 Å². The van der Waals surface area contributed by atoms with Crippen LogP contribution in [0.3, 0.4) is 0 Å². The predicted molar refractivity (Wildman–Crippen MR) is 74.1 cm³/mol. The van der Waals surface area contributed by atoms with Crippen molar-refractivity contribution < 1.29 is 9.58 Å². The van der Waals surface area contributed by atoms with Gasteiger partial charge in [-0.05, 0) is 38.5 Å². The van der Waals surface area contributed by atoms with Gasteiger partial charge in [0, 0.05) is 16.6 Å². The number of carbonyl (C=O) groups excluding carboxylic acids is 1. The van der Waals surface area contributed by atoms with Crippen LogP contribution in [-0.4, -0.2) is 27.4 Å². The van der Waals surface area contributed by atoms with Gasteiger partial charge in [-0.3, -0.25) is 4.79 Å². The maximum atomic E-state index is 11.9. The predicted octanol–water partition coefficient (Wildman–Crippen LogP) is 2.88. The summed E-state index contributed by atoms with van der Waals surface area (Å²) in [5, 5.41) is 0. The molecule has 0 aliphatic carbocycles. The Bertz CT molecular complexity index is 470. The van der Waals surface area contributed by atoms with E-state index in [1.165, 1.54) is 0 Å². The summed E-state index contributed by atoms with van der Waals surface area (Å²) in [6, 6.07) is 7.76. The van der Waals surface area contributed by atoms with Crippen LogP contribution in [0.25, 0.3) is 5.53 Å². The largest absolute Gasteiger partial charge is 0.361 e. The lowest BCUT2D eigenvalue weighted by atomic mass is 10.0. The first-order valence-corrected chi connectivity index (χ1v) is 6.37. The van der Waals surface area contributed by atoms with Gasteiger partial charge >= 0.3 is 12.1 Å². The number of carbonyl (C=O) groups is 1. The maximum Gasteiger partial charge on any atom is 0.344 e. The Kier molecular flexibility index (Phi) is 4.82. The number of hydrogen-bond donors (Lipinski definition) is 0. The number of halogens is 1. The van der Waals surface area contributed by atoms with Gasteiger partial charge < -0.3 is 10.4 Å². The van der Waals surface area contributed by atoms with Gasteiger partial charge in [-0.15, -0.1) is 0 Å². The summed E-state index contributed by atoms with van der Waals surface area (Å²) in [6.45, 7) is 6.29. The van der Waals surface area contributed by atoms with Crippen LogP contribution in [-0.2, 0) is 11.3 Å². The van der Waals surface area contributed by atoms with Gasteiger partial charge in [0.15, 0.2) is 0 Å². The average molecular weight is 310 g/mol.